The summed E-state index contributed by atoms with van der Waals surface area (Å²) in [5.41, 5.74) is 2.87. The maximum Gasteiger partial charge on any atom is 0.123 e. The Bertz CT molecular complexity index is 531. The fraction of sp³-hybridized carbons (Fsp3) is 0.154. The van der Waals surface area contributed by atoms with Crippen molar-refractivity contribution >= 4 is 11.9 Å². The minimum atomic E-state index is -0.215. The van der Waals surface area contributed by atoms with Crippen molar-refractivity contribution in [2.75, 3.05) is 5.32 Å². The molecule has 88 valence electrons. The van der Waals surface area contributed by atoms with Crippen molar-refractivity contribution < 1.29 is 4.39 Å². The molecule has 0 aliphatic heterocycles. The summed E-state index contributed by atoms with van der Waals surface area (Å²) in [5.74, 6) is -0.215. The SMILES string of the molecule is C=Cn1cc(CNc2ccc(F)cc2C)cn1. The first-order valence-corrected chi connectivity index (χ1v) is 5.34. The summed E-state index contributed by atoms with van der Waals surface area (Å²) in [6.45, 7) is 6.15. The molecule has 0 aliphatic rings. The maximum atomic E-state index is 12.9. The molecule has 0 saturated carbocycles. The second kappa shape index (κ2) is 4.82. The zero-order valence-electron chi connectivity index (χ0n) is 9.65. The van der Waals surface area contributed by atoms with E-state index in [1.807, 2.05) is 13.1 Å². The van der Waals surface area contributed by atoms with Crippen molar-refractivity contribution in [3.8, 4) is 0 Å². The van der Waals surface area contributed by atoms with Gasteiger partial charge in [0.1, 0.15) is 5.82 Å². The van der Waals surface area contributed by atoms with Crippen LogP contribution in [0, 0.1) is 12.7 Å². The molecular formula is C13H14FN3. The Hall–Kier alpha value is -2.10. The Kier molecular flexibility index (Phi) is 3.23. The molecule has 4 heteroatoms. The Morgan fingerprint density at radius 3 is 3.00 bits per heavy atom. The lowest BCUT2D eigenvalue weighted by Crippen LogP contribution is -2.00. The van der Waals surface area contributed by atoms with Crippen molar-refractivity contribution in [2.45, 2.75) is 13.5 Å². The Balaban J connectivity index is 2.04. The number of anilines is 1. The number of benzene rings is 1. The highest BCUT2D eigenvalue weighted by Crippen LogP contribution is 2.16. The Morgan fingerprint density at radius 2 is 2.35 bits per heavy atom. The van der Waals surface area contributed by atoms with Crippen LogP contribution in [0.25, 0.3) is 6.20 Å². The molecule has 0 spiro atoms. The largest absolute Gasteiger partial charge is 0.381 e. The monoisotopic (exact) mass is 231 g/mol. The van der Waals surface area contributed by atoms with Crippen molar-refractivity contribution in [3.05, 3.63) is 54.1 Å². The molecule has 2 rings (SSSR count). The van der Waals surface area contributed by atoms with Crippen molar-refractivity contribution in [3.63, 3.8) is 0 Å². The van der Waals surface area contributed by atoms with Crippen molar-refractivity contribution in [2.24, 2.45) is 0 Å². The average Bonchev–Trinajstić information content (AvgIpc) is 2.76. The molecule has 0 saturated heterocycles. The molecule has 1 aromatic heterocycles. The van der Waals surface area contributed by atoms with Crippen LogP contribution in [0.2, 0.25) is 0 Å². The van der Waals surface area contributed by atoms with E-state index >= 15 is 0 Å². The lowest BCUT2D eigenvalue weighted by atomic mass is 10.2. The van der Waals surface area contributed by atoms with Crippen molar-refractivity contribution in [1.29, 1.82) is 0 Å². The second-order valence-corrected chi connectivity index (χ2v) is 3.82. The first kappa shape index (κ1) is 11.4. The molecule has 3 nitrogen and oxygen atoms in total. The number of aromatic nitrogens is 2. The highest BCUT2D eigenvalue weighted by atomic mass is 19.1. The van der Waals surface area contributed by atoms with Crippen LogP contribution in [0.15, 0.2) is 37.2 Å². The number of hydrogen-bond donors (Lipinski definition) is 1. The van der Waals surface area contributed by atoms with Gasteiger partial charge >= 0.3 is 0 Å². The van der Waals surface area contributed by atoms with Gasteiger partial charge in [0.25, 0.3) is 0 Å². The molecule has 17 heavy (non-hydrogen) atoms. The summed E-state index contributed by atoms with van der Waals surface area (Å²) < 4.78 is 14.6. The lowest BCUT2D eigenvalue weighted by molar-refractivity contribution is 0.627. The molecule has 1 N–H and O–H groups in total. The fourth-order valence-electron chi connectivity index (χ4n) is 1.59. The van der Waals surface area contributed by atoms with Gasteiger partial charge in [0, 0.05) is 30.2 Å². The molecule has 0 atom stereocenters. The van der Waals surface area contributed by atoms with Gasteiger partial charge < -0.3 is 5.32 Å². The predicted molar refractivity (Wildman–Crippen MR) is 67.1 cm³/mol. The summed E-state index contributed by atoms with van der Waals surface area (Å²) in [5, 5.41) is 7.32. The topological polar surface area (TPSA) is 29.9 Å². The third-order valence-electron chi connectivity index (χ3n) is 2.51. The summed E-state index contributed by atoms with van der Waals surface area (Å²) in [7, 11) is 0. The average molecular weight is 231 g/mol. The highest BCUT2D eigenvalue weighted by Gasteiger charge is 2.01. The molecule has 0 amide bonds. The van der Waals surface area contributed by atoms with E-state index in [9.17, 15) is 4.39 Å². The van der Waals surface area contributed by atoms with Crippen LogP contribution < -0.4 is 5.32 Å². The standard InChI is InChI=1S/C13H14FN3/c1-3-17-9-11(8-16-17)7-15-13-5-4-12(14)6-10(13)2/h3-6,8-9,15H,1,7H2,2H3. The number of aryl methyl sites for hydroxylation is 1. The zero-order valence-corrected chi connectivity index (χ0v) is 9.65. The lowest BCUT2D eigenvalue weighted by Gasteiger charge is -2.08. The number of nitrogens with zero attached hydrogens (tertiary/aromatic N) is 2. The van der Waals surface area contributed by atoms with E-state index in [1.54, 1.807) is 23.1 Å². The first-order chi connectivity index (χ1) is 8.19. The molecule has 0 unspecified atom stereocenters. The molecule has 0 radical (unpaired) electrons. The third kappa shape index (κ3) is 2.72. The van der Waals surface area contributed by atoms with Crippen LogP contribution in [0.1, 0.15) is 11.1 Å². The second-order valence-electron chi connectivity index (χ2n) is 3.82. The predicted octanol–water partition coefficient (Wildman–Crippen LogP) is 3.04. The van der Waals surface area contributed by atoms with E-state index in [0.29, 0.717) is 6.54 Å². The van der Waals surface area contributed by atoms with E-state index in [0.717, 1.165) is 16.8 Å². The molecule has 1 aromatic carbocycles. The normalized spacial score (nSPS) is 10.2. The van der Waals surface area contributed by atoms with Gasteiger partial charge in [0.2, 0.25) is 0 Å². The van der Waals surface area contributed by atoms with E-state index in [1.165, 1.54) is 12.1 Å². The number of nitrogens with one attached hydrogen (secondary N) is 1. The van der Waals surface area contributed by atoms with Crippen LogP contribution in [0.3, 0.4) is 0 Å². The highest BCUT2D eigenvalue weighted by molar-refractivity contribution is 5.50. The first-order valence-electron chi connectivity index (χ1n) is 5.34. The van der Waals surface area contributed by atoms with E-state index in [2.05, 4.69) is 17.0 Å². The Labute approximate surface area is 99.6 Å². The van der Waals surface area contributed by atoms with Gasteiger partial charge in [-0.25, -0.2) is 9.07 Å². The fourth-order valence-corrected chi connectivity index (χ4v) is 1.59. The van der Waals surface area contributed by atoms with Gasteiger partial charge in [-0.05, 0) is 30.7 Å². The third-order valence-corrected chi connectivity index (χ3v) is 2.51. The molecule has 2 aromatic rings. The van der Waals surface area contributed by atoms with Gasteiger partial charge in [0.15, 0.2) is 0 Å². The molecule has 0 bridgehead atoms. The minimum Gasteiger partial charge on any atom is -0.381 e. The van der Waals surface area contributed by atoms with Crippen molar-refractivity contribution in [1.82, 2.24) is 9.78 Å². The summed E-state index contributed by atoms with van der Waals surface area (Å²) in [6, 6.07) is 4.70. The number of rotatable bonds is 4. The van der Waals surface area contributed by atoms with Gasteiger partial charge in [-0.3, -0.25) is 0 Å². The van der Waals surface area contributed by atoms with E-state index in [4.69, 9.17) is 0 Å². The quantitative estimate of drug-likeness (QED) is 0.876. The summed E-state index contributed by atoms with van der Waals surface area (Å²) in [6.07, 6.45) is 5.29. The smallest absolute Gasteiger partial charge is 0.123 e. The summed E-state index contributed by atoms with van der Waals surface area (Å²) in [4.78, 5) is 0. The van der Waals surface area contributed by atoms with Gasteiger partial charge in [-0.2, -0.15) is 5.10 Å². The number of halogens is 1. The molecule has 1 heterocycles. The van der Waals surface area contributed by atoms with Crippen LogP contribution in [0.5, 0.6) is 0 Å². The zero-order chi connectivity index (χ0) is 12.3. The van der Waals surface area contributed by atoms with E-state index in [-0.39, 0.29) is 5.82 Å². The van der Waals surface area contributed by atoms with Crippen LogP contribution in [-0.4, -0.2) is 9.78 Å². The molecule has 0 fully saturated rings. The van der Waals surface area contributed by atoms with Crippen LogP contribution >= 0.6 is 0 Å². The minimum absolute atomic E-state index is 0.215. The summed E-state index contributed by atoms with van der Waals surface area (Å²) >= 11 is 0. The van der Waals surface area contributed by atoms with Gasteiger partial charge in [0.05, 0.1) is 6.20 Å². The van der Waals surface area contributed by atoms with Gasteiger partial charge in [-0.15, -0.1) is 0 Å². The Morgan fingerprint density at radius 1 is 1.53 bits per heavy atom. The molecular weight excluding hydrogens is 217 g/mol. The maximum absolute atomic E-state index is 12.9. The van der Waals surface area contributed by atoms with Crippen LogP contribution in [0.4, 0.5) is 10.1 Å². The molecule has 0 aliphatic carbocycles. The van der Waals surface area contributed by atoms with E-state index < -0.39 is 0 Å². The van der Waals surface area contributed by atoms with Crippen LogP contribution in [-0.2, 0) is 6.54 Å². The number of hydrogen-bond acceptors (Lipinski definition) is 2. The van der Waals surface area contributed by atoms with Gasteiger partial charge in [-0.1, -0.05) is 6.58 Å².